The molecule has 0 saturated carbocycles. The first-order valence-electron chi connectivity index (χ1n) is 7.60. The number of nitrogens with two attached hydrogens (primary N) is 1. The number of halogens is 3. The van der Waals surface area contributed by atoms with Crippen LogP contribution in [0.3, 0.4) is 0 Å². The Morgan fingerprint density at radius 2 is 2.04 bits per heavy atom. The predicted molar refractivity (Wildman–Crippen MR) is 110 cm³/mol. The van der Waals surface area contributed by atoms with Crippen LogP contribution in [0.2, 0.25) is 10.0 Å². The fourth-order valence-corrected chi connectivity index (χ4v) is 2.92. The fourth-order valence-electron chi connectivity index (χ4n) is 2.34. The lowest BCUT2D eigenvalue weighted by Crippen LogP contribution is -2.34. The van der Waals surface area contributed by atoms with E-state index in [0.29, 0.717) is 28.5 Å². The maximum absolute atomic E-state index is 9.05. The lowest BCUT2D eigenvalue weighted by atomic mass is 10.0. The average molecular weight is 474 g/mol. The van der Waals surface area contributed by atoms with E-state index >= 15 is 0 Å². The predicted octanol–water partition coefficient (Wildman–Crippen LogP) is 4.38. The average Bonchev–Trinajstić information content (AvgIpc) is 2.45. The van der Waals surface area contributed by atoms with Crippen LogP contribution >= 0.6 is 47.2 Å². The molecule has 0 aromatic heterocycles. The molecule has 4 N–H and O–H groups in total. The third-order valence-electron chi connectivity index (χ3n) is 3.55. The Labute approximate surface area is 165 Å². The van der Waals surface area contributed by atoms with Gasteiger partial charge in [0, 0.05) is 23.2 Å². The molecule has 1 aromatic carbocycles. The lowest BCUT2D eigenvalue weighted by molar-refractivity contribution is 0.253. The minimum atomic E-state index is -0.0593. The van der Waals surface area contributed by atoms with Crippen LogP contribution in [0.25, 0.3) is 0 Å². The second-order valence-electron chi connectivity index (χ2n) is 5.42. The third-order valence-corrected chi connectivity index (χ3v) is 4.11. The highest BCUT2D eigenvalue weighted by atomic mass is 127. The van der Waals surface area contributed by atoms with E-state index in [4.69, 9.17) is 34.0 Å². The Morgan fingerprint density at radius 1 is 1.35 bits per heavy atom. The van der Waals surface area contributed by atoms with Crippen molar-refractivity contribution in [3.63, 3.8) is 0 Å². The molecule has 0 amide bonds. The second-order valence-corrected chi connectivity index (χ2v) is 6.27. The summed E-state index contributed by atoms with van der Waals surface area (Å²) in [6.45, 7) is 4.90. The number of hydrogen-bond acceptors (Lipinski definition) is 2. The zero-order chi connectivity index (χ0) is 16.5. The van der Waals surface area contributed by atoms with E-state index in [1.54, 1.807) is 12.1 Å². The van der Waals surface area contributed by atoms with E-state index in [1.807, 2.05) is 13.0 Å². The maximum Gasteiger partial charge on any atom is 0.189 e. The Kier molecular flexibility index (Phi) is 12.0. The topological polar surface area (TPSA) is 70.6 Å². The van der Waals surface area contributed by atoms with Crippen molar-refractivity contribution in [3.05, 3.63) is 33.8 Å². The summed E-state index contributed by atoms with van der Waals surface area (Å²) in [5.74, 6) is 0.752. The number of guanidine groups is 1. The Hall–Kier alpha value is -0.240. The van der Waals surface area contributed by atoms with E-state index in [-0.39, 0.29) is 36.6 Å². The smallest absolute Gasteiger partial charge is 0.189 e. The zero-order valence-corrected chi connectivity index (χ0v) is 17.4. The van der Waals surface area contributed by atoms with Crippen molar-refractivity contribution in [2.75, 3.05) is 13.2 Å². The van der Waals surface area contributed by atoms with E-state index in [2.05, 4.69) is 17.2 Å². The molecule has 4 nitrogen and oxygen atoms in total. The van der Waals surface area contributed by atoms with Crippen LogP contribution in [0.1, 0.15) is 44.7 Å². The van der Waals surface area contributed by atoms with Gasteiger partial charge < -0.3 is 16.2 Å². The summed E-state index contributed by atoms with van der Waals surface area (Å²) in [5, 5.41) is 13.4. The molecule has 0 fully saturated rings. The van der Waals surface area contributed by atoms with Gasteiger partial charge in [-0.15, -0.1) is 24.0 Å². The Morgan fingerprint density at radius 3 is 2.61 bits per heavy atom. The molecule has 0 spiro atoms. The molecule has 132 valence electrons. The maximum atomic E-state index is 9.05. The van der Waals surface area contributed by atoms with Gasteiger partial charge in [0.25, 0.3) is 0 Å². The van der Waals surface area contributed by atoms with Crippen molar-refractivity contribution in [1.29, 1.82) is 0 Å². The standard InChI is InChI=1S/C16H25Cl2N3O.HI/c1-3-4-12(7-8-22)10-20-16(19)21-11(2)14-6-5-13(17)9-15(14)18;/h5-6,9,11-12,22H,3-4,7-8,10H2,1-2H3,(H3,19,20,21);1H. The minimum Gasteiger partial charge on any atom is -0.396 e. The van der Waals surface area contributed by atoms with Crippen LogP contribution in [0, 0.1) is 5.92 Å². The molecule has 0 heterocycles. The van der Waals surface area contributed by atoms with Gasteiger partial charge in [0.15, 0.2) is 5.96 Å². The summed E-state index contributed by atoms with van der Waals surface area (Å²) in [5.41, 5.74) is 6.86. The van der Waals surface area contributed by atoms with Crippen molar-refractivity contribution in [2.45, 2.75) is 39.2 Å². The van der Waals surface area contributed by atoms with E-state index in [9.17, 15) is 0 Å². The molecule has 0 aliphatic heterocycles. The van der Waals surface area contributed by atoms with Gasteiger partial charge in [-0.2, -0.15) is 0 Å². The molecule has 0 bridgehead atoms. The van der Waals surface area contributed by atoms with Crippen LogP contribution in [0.4, 0.5) is 0 Å². The lowest BCUT2D eigenvalue weighted by Gasteiger charge is -2.17. The molecule has 2 atom stereocenters. The SMILES string of the molecule is CCCC(CCO)CN=C(N)NC(C)c1ccc(Cl)cc1Cl.I. The largest absolute Gasteiger partial charge is 0.396 e. The van der Waals surface area contributed by atoms with Crippen molar-refractivity contribution in [1.82, 2.24) is 5.32 Å². The van der Waals surface area contributed by atoms with E-state index in [1.165, 1.54) is 0 Å². The summed E-state index contributed by atoms with van der Waals surface area (Å²) in [6, 6.07) is 5.33. The molecule has 2 unspecified atom stereocenters. The second kappa shape index (κ2) is 12.2. The summed E-state index contributed by atoms with van der Waals surface area (Å²) >= 11 is 12.1. The third kappa shape index (κ3) is 8.42. The first kappa shape index (κ1) is 22.8. The fraction of sp³-hybridized carbons (Fsp3) is 0.562. The van der Waals surface area contributed by atoms with Crippen molar-refractivity contribution in [3.8, 4) is 0 Å². The van der Waals surface area contributed by atoms with Crippen LogP contribution in [0.5, 0.6) is 0 Å². The number of aliphatic imine (C=N–C) groups is 1. The first-order chi connectivity index (χ1) is 10.5. The highest BCUT2D eigenvalue weighted by Gasteiger charge is 2.11. The van der Waals surface area contributed by atoms with Crippen LogP contribution in [0.15, 0.2) is 23.2 Å². The Balaban J connectivity index is 0.00000484. The van der Waals surface area contributed by atoms with Gasteiger partial charge in [-0.25, -0.2) is 0 Å². The van der Waals surface area contributed by atoms with E-state index in [0.717, 1.165) is 24.8 Å². The summed E-state index contributed by atoms with van der Waals surface area (Å²) in [7, 11) is 0. The van der Waals surface area contributed by atoms with Gasteiger partial charge in [-0.05, 0) is 43.4 Å². The van der Waals surface area contributed by atoms with Crippen LogP contribution in [-0.2, 0) is 0 Å². The quantitative estimate of drug-likeness (QED) is 0.298. The highest BCUT2D eigenvalue weighted by molar-refractivity contribution is 14.0. The van der Waals surface area contributed by atoms with Crippen molar-refractivity contribution >= 4 is 53.1 Å². The highest BCUT2D eigenvalue weighted by Crippen LogP contribution is 2.25. The summed E-state index contributed by atoms with van der Waals surface area (Å²) in [6.07, 6.45) is 2.86. The zero-order valence-electron chi connectivity index (χ0n) is 13.6. The first-order valence-corrected chi connectivity index (χ1v) is 8.35. The molecule has 0 aliphatic carbocycles. The monoisotopic (exact) mass is 473 g/mol. The molecule has 0 saturated heterocycles. The number of nitrogens with zero attached hydrogens (tertiary/aromatic N) is 1. The van der Waals surface area contributed by atoms with E-state index < -0.39 is 0 Å². The van der Waals surface area contributed by atoms with Gasteiger partial charge in [0.1, 0.15) is 0 Å². The molecule has 0 aliphatic rings. The molecule has 23 heavy (non-hydrogen) atoms. The minimum absolute atomic E-state index is 0. The molecule has 7 heteroatoms. The normalized spacial score (nSPS) is 14.0. The number of benzene rings is 1. The molecule has 0 radical (unpaired) electrons. The number of aliphatic hydroxyl groups is 1. The molecular weight excluding hydrogens is 448 g/mol. The number of aliphatic hydroxyl groups excluding tert-OH is 1. The number of nitrogens with one attached hydrogen (secondary N) is 1. The van der Waals surface area contributed by atoms with Gasteiger partial charge >= 0.3 is 0 Å². The molecule has 1 aromatic rings. The van der Waals surface area contributed by atoms with Gasteiger partial charge in [-0.3, -0.25) is 4.99 Å². The summed E-state index contributed by atoms with van der Waals surface area (Å²) in [4.78, 5) is 4.38. The summed E-state index contributed by atoms with van der Waals surface area (Å²) < 4.78 is 0. The van der Waals surface area contributed by atoms with Gasteiger partial charge in [0.2, 0.25) is 0 Å². The van der Waals surface area contributed by atoms with Crippen molar-refractivity contribution in [2.24, 2.45) is 16.6 Å². The number of rotatable bonds is 8. The van der Waals surface area contributed by atoms with Crippen LogP contribution < -0.4 is 11.1 Å². The molecule has 1 rings (SSSR count). The Bertz CT molecular complexity index is 494. The van der Waals surface area contributed by atoms with Crippen molar-refractivity contribution < 1.29 is 5.11 Å². The number of hydrogen-bond donors (Lipinski definition) is 3. The van der Waals surface area contributed by atoms with Gasteiger partial charge in [-0.1, -0.05) is 42.6 Å². The van der Waals surface area contributed by atoms with Crippen LogP contribution in [-0.4, -0.2) is 24.2 Å². The van der Waals surface area contributed by atoms with Gasteiger partial charge in [0.05, 0.1) is 6.04 Å². The molecular formula is C16H26Cl2IN3O.